The van der Waals surface area contributed by atoms with Crippen LogP contribution in [-0.4, -0.2) is 9.97 Å². The van der Waals surface area contributed by atoms with Crippen molar-refractivity contribution in [1.82, 2.24) is 9.97 Å². The number of benzene rings is 1. The van der Waals surface area contributed by atoms with Crippen molar-refractivity contribution in [3.05, 3.63) is 46.4 Å². The average molecular weight is 305 g/mol. The molecule has 0 spiro atoms. The summed E-state index contributed by atoms with van der Waals surface area (Å²) in [6.45, 7) is 10.2. The number of ether oxygens (including phenoxy) is 1. The number of aromatic nitrogens is 2. The zero-order valence-corrected chi connectivity index (χ0v) is 13.9. The van der Waals surface area contributed by atoms with Gasteiger partial charge in [-0.1, -0.05) is 51.4 Å². The molecule has 0 saturated carbocycles. The molecule has 0 radical (unpaired) electrons. The summed E-state index contributed by atoms with van der Waals surface area (Å²) in [5.41, 5.74) is 1.99. The third-order valence-electron chi connectivity index (χ3n) is 3.31. The Hall–Kier alpha value is -1.61. The van der Waals surface area contributed by atoms with Gasteiger partial charge in [-0.2, -0.15) is 4.98 Å². The SMILES string of the molecule is Cc1c(Cl)nc(C(C)C)nc1Oc1cccc(C(C)C)c1. The molecule has 112 valence electrons. The van der Waals surface area contributed by atoms with Crippen molar-refractivity contribution in [3.63, 3.8) is 0 Å². The molecule has 2 aromatic rings. The second kappa shape index (κ2) is 6.44. The van der Waals surface area contributed by atoms with Gasteiger partial charge in [-0.3, -0.25) is 0 Å². The van der Waals surface area contributed by atoms with E-state index in [9.17, 15) is 0 Å². The Balaban J connectivity index is 2.37. The first-order valence-corrected chi connectivity index (χ1v) is 7.58. The fourth-order valence-corrected chi connectivity index (χ4v) is 2.06. The molecule has 3 nitrogen and oxygen atoms in total. The van der Waals surface area contributed by atoms with Crippen LogP contribution in [0.4, 0.5) is 0 Å². The van der Waals surface area contributed by atoms with Gasteiger partial charge in [-0.05, 0) is 30.5 Å². The van der Waals surface area contributed by atoms with Gasteiger partial charge >= 0.3 is 0 Å². The molecule has 0 aliphatic rings. The van der Waals surface area contributed by atoms with Crippen LogP contribution in [-0.2, 0) is 0 Å². The van der Waals surface area contributed by atoms with E-state index in [2.05, 4.69) is 29.9 Å². The summed E-state index contributed by atoms with van der Waals surface area (Å²) in [5, 5.41) is 0.448. The predicted molar refractivity (Wildman–Crippen MR) is 86.5 cm³/mol. The fraction of sp³-hybridized carbons (Fsp3) is 0.412. The summed E-state index contributed by atoms with van der Waals surface area (Å²) in [6.07, 6.45) is 0. The molecule has 0 saturated heterocycles. The molecule has 2 rings (SSSR count). The summed E-state index contributed by atoms with van der Waals surface area (Å²) in [6, 6.07) is 8.05. The molecular weight excluding hydrogens is 284 g/mol. The number of hydrogen-bond acceptors (Lipinski definition) is 3. The van der Waals surface area contributed by atoms with Gasteiger partial charge in [0.05, 0.1) is 0 Å². The van der Waals surface area contributed by atoms with E-state index in [1.54, 1.807) is 0 Å². The summed E-state index contributed by atoms with van der Waals surface area (Å²) in [7, 11) is 0. The first-order valence-electron chi connectivity index (χ1n) is 7.20. The van der Waals surface area contributed by atoms with E-state index in [0.29, 0.717) is 22.8 Å². The first-order chi connectivity index (χ1) is 9.88. The Morgan fingerprint density at radius 2 is 1.76 bits per heavy atom. The predicted octanol–water partition coefficient (Wildman–Crippen LogP) is 5.48. The molecular formula is C17H21ClN2O. The van der Waals surface area contributed by atoms with E-state index in [0.717, 1.165) is 11.3 Å². The summed E-state index contributed by atoms with van der Waals surface area (Å²) < 4.78 is 5.94. The first kappa shape index (κ1) is 15.8. The van der Waals surface area contributed by atoms with Crippen LogP contribution in [0, 0.1) is 6.92 Å². The Bertz CT molecular complexity index is 639. The third-order valence-corrected chi connectivity index (χ3v) is 3.68. The van der Waals surface area contributed by atoms with Gasteiger partial charge in [0.25, 0.3) is 0 Å². The molecule has 0 aliphatic heterocycles. The smallest absolute Gasteiger partial charge is 0.226 e. The van der Waals surface area contributed by atoms with Gasteiger partial charge in [-0.25, -0.2) is 4.98 Å². The summed E-state index contributed by atoms with van der Waals surface area (Å²) in [5.74, 6) is 2.65. The van der Waals surface area contributed by atoms with Crippen LogP contribution < -0.4 is 4.74 Å². The van der Waals surface area contributed by atoms with Gasteiger partial charge in [0.1, 0.15) is 16.7 Å². The van der Waals surface area contributed by atoms with Crippen molar-refractivity contribution in [2.45, 2.75) is 46.5 Å². The monoisotopic (exact) mass is 304 g/mol. The molecule has 1 aromatic carbocycles. The number of rotatable bonds is 4. The molecule has 0 aliphatic carbocycles. The van der Waals surface area contributed by atoms with E-state index in [-0.39, 0.29) is 5.92 Å². The van der Waals surface area contributed by atoms with Gasteiger partial charge in [0, 0.05) is 11.5 Å². The van der Waals surface area contributed by atoms with E-state index in [1.807, 2.05) is 39.0 Å². The minimum Gasteiger partial charge on any atom is -0.439 e. The minimum absolute atomic E-state index is 0.201. The highest BCUT2D eigenvalue weighted by molar-refractivity contribution is 6.30. The zero-order chi connectivity index (χ0) is 15.6. The van der Waals surface area contributed by atoms with Crippen molar-refractivity contribution < 1.29 is 4.74 Å². The lowest BCUT2D eigenvalue weighted by atomic mass is 10.0. The van der Waals surface area contributed by atoms with Crippen LogP contribution in [0.15, 0.2) is 24.3 Å². The molecule has 0 unspecified atom stereocenters. The highest BCUT2D eigenvalue weighted by atomic mass is 35.5. The van der Waals surface area contributed by atoms with E-state index in [1.165, 1.54) is 5.56 Å². The van der Waals surface area contributed by atoms with E-state index in [4.69, 9.17) is 16.3 Å². The summed E-state index contributed by atoms with van der Waals surface area (Å²) in [4.78, 5) is 8.78. The van der Waals surface area contributed by atoms with Crippen molar-refractivity contribution in [2.24, 2.45) is 0 Å². The maximum atomic E-state index is 6.18. The second-order valence-electron chi connectivity index (χ2n) is 5.79. The number of nitrogens with zero attached hydrogens (tertiary/aromatic N) is 2. The number of hydrogen-bond donors (Lipinski definition) is 0. The zero-order valence-electron chi connectivity index (χ0n) is 13.1. The third kappa shape index (κ3) is 3.73. The van der Waals surface area contributed by atoms with Crippen molar-refractivity contribution in [2.75, 3.05) is 0 Å². The molecule has 1 heterocycles. The van der Waals surface area contributed by atoms with Crippen LogP contribution in [0.1, 0.15) is 56.5 Å². The molecule has 0 fully saturated rings. The van der Waals surface area contributed by atoms with Crippen LogP contribution in [0.25, 0.3) is 0 Å². The largest absolute Gasteiger partial charge is 0.439 e. The van der Waals surface area contributed by atoms with Crippen molar-refractivity contribution in [1.29, 1.82) is 0 Å². The Morgan fingerprint density at radius 1 is 1.05 bits per heavy atom. The summed E-state index contributed by atoms with van der Waals surface area (Å²) >= 11 is 6.18. The Labute approximate surface area is 131 Å². The molecule has 4 heteroatoms. The van der Waals surface area contributed by atoms with E-state index < -0.39 is 0 Å². The normalized spacial score (nSPS) is 11.2. The average Bonchev–Trinajstić information content (AvgIpc) is 2.43. The topological polar surface area (TPSA) is 35.0 Å². The second-order valence-corrected chi connectivity index (χ2v) is 6.14. The molecule has 21 heavy (non-hydrogen) atoms. The Kier molecular flexibility index (Phi) is 4.84. The van der Waals surface area contributed by atoms with Gasteiger partial charge in [0.2, 0.25) is 5.88 Å². The molecule has 0 amide bonds. The van der Waals surface area contributed by atoms with Crippen LogP contribution >= 0.6 is 11.6 Å². The lowest BCUT2D eigenvalue weighted by molar-refractivity contribution is 0.451. The standard InChI is InChI=1S/C17H21ClN2O/c1-10(2)13-7-6-8-14(9-13)21-17-12(5)15(18)19-16(20-17)11(3)4/h6-11H,1-5H3. The van der Waals surface area contributed by atoms with Crippen molar-refractivity contribution >= 4 is 11.6 Å². The van der Waals surface area contributed by atoms with Crippen LogP contribution in [0.2, 0.25) is 5.15 Å². The lowest BCUT2D eigenvalue weighted by Gasteiger charge is -2.13. The lowest BCUT2D eigenvalue weighted by Crippen LogP contribution is -2.02. The molecule has 0 N–H and O–H groups in total. The van der Waals surface area contributed by atoms with Crippen LogP contribution in [0.3, 0.4) is 0 Å². The van der Waals surface area contributed by atoms with Gasteiger partial charge in [0.15, 0.2) is 0 Å². The highest BCUT2D eigenvalue weighted by Gasteiger charge is 2.14. The number of halogens is 1. The van der Waals surface area contributed by atoms with Gasteiger partial charge in [-0.15, -0.1) is 0 Å². The molecule has 0 bridgehead atoms. The Morgan fingerprint density at radius 3 is 2.38 bits per heavy atom. The van der Waals surface area contributed by atoms with Crippen LogP contribution in [0.5, 0.6) is 11.6 Å². The molecule has 0 atom stereocenters. The maximum Gasteiger partial charge on any atom is 0.226 e. The quantitative estimate of drug-likeness (QED) is 0.702. The van der Waals surface area contributed by atoms with E-state index >= 15 is 0 Å². The fourth-order valence-electron chi connectivity index (χ4n) is 1.89. The minimum atomic E-state index is 0.201. The van der Waals surface area contributed by atoms with Crippen molar-refractivity contribution in [3.8, 4) is 11.6 Å². The molecule has 1 aromatic heterocycles. The van der Waals surface area contributed by atoms with Gasteiger partial charge < -0.3 is 4.74 Å². The highest BCUT2D eigenvalue weighted by Crippen LogP contribution is 2.30. The maximum absolute atomic E-state index is 6.18.